The van der Waals surface area contributed by atoms with Crippen LogP contribution in [0.4, 0.5) is 5.82 Å². The SMILES string of the molecule is O=C(NC1CCN(c2cc(-c3ccccc3)[nH]n2)CC1)c1ccoc1. The summed E-state index contributed by atoms with van der Waals surface area (Å²) in [5.41, 5.74) is 2.72. The van der Waals surface area contributed by atoms with E-state index in [1.807, 2.05) is 18.2 Å². The maximum atomic E-state index is 12.1. The molecule has 2 aromatic heterocycles. The largest absolute Gasteiger partial charge is 0.472 e. The van der Waals surface area contributed by atoms with Gasteiger partial charge in [-0.2, -0.15) is 5.10 Å². The molecule has 3 heterocycles. The Morgan fingerprint density at radius 2 is 2.00 bits per heavy atom. The van der Waals surface area contributed by atoms with Gasteiger partial charge in [-0.1, -0.05) is 30.3 Å². The van der Waals surface area contributed by atoms with Gasteiger partial charge in [-0.25, -0.2) is 0 Å². The average Bonchev–Trinajstić information content (AvgIpc) is 3.35. The zero-order valence-corrected chi connectivity index (χ0v) is 13.8. The normalized spacial score (nSPS) is 15.3. The van der Waals surface area contributed by atoms with Crippen LogP contribution in [-0.4, -0.2) is 35.2 Å². The van der Waals surface area contributed by atoms with E-state index in [1.54, 1.807) is 6.07 Å². The van der Waals surface area contributed by atoms with E-state index in [0.717, 1.165) is 43.0 Å². The van der Waals surface area contributed by atoms with E-state index in [0.29, 0.717) is 5.56 Å². The number of aromatic amines is 1. The van der Waals surface area contributed by atoms with E-state index < -0.39 is 0 Å². The molecule has 1 aliphatic heterocycles. The molecule has 2 N–H and O–H groups in total. The van der Waals surface area contributed by atoms with Crippen molar-refractivity contribution in [3.63, 3.8) is 0 Å². The van der Waals surface area contributed by atoms with Crippen LogP contribution in [-0.2, 0) is 0 Å². The van der Waals surface area contributed by atoms with Gasteiger partial charge in [-0.3, -0.25) is 9.89 Å². The van der Waals surface area contributed by atoms with Crippen molar-refractivity contribution in [1.29, 1.82) is 0 Å². The van der Waals surface area contributed by atoms with E-state index in [2.05, 4.69) is 38.6 Å². The van der Waals surface area contributed by atoms with Crippen LogP contribution in [0.15, 0.2) is 59.4 Å². The van der Waals surface area contributed by atoms with Gasteiger partial charge in [-0.05, 0) is 24.5 Å². The van der Waals surface area contributed by atoms with Crippen LogP contribution in [0.3, 0.4) is 0 Å². The van der Waals surface area contributed by atoms with Crippen molar-refractivity contribution in [3.05, 3.63) is 60.6 Å². The predicted molar refractivity (Wildman–Crippen MR) is 95.4 cm³/mol. The van der Waals surface area contributed by atoms with Crippen molar-refractivity contribution in [1.82, 2.24) is 15.5 Å². The molecule has 1 aromatic carbocycles. The summed E-state index contributed by atoms with van der Waals surface area (Å²) >= 11 is 0. The summed E-state index contributed by atoms with van der Waals surface area (Å²) in [5.74, 6) is 0.886. The second kappa shape index (κ2) is 6.84. The molecule has 0 spiro atoms. The molecule has 0 radical (unpaired) electrons. The van der Waals surface area contributed by atoms with Crippen molar-refractivity contribution < 1.29 is 9.21 Å². The number of anilines is 1. The lowest BCUT2D eigenvalue weighted by Gasteiger charge is -2.32. The Bertz CT molecular complexity index is 818. The molecule has 4 rings (SSSR count). The van der Waals surface area contributed by atoms with E-state index in [-0.39, 0.29) is 11.9 Å². The Kier molecular flexibility index (Phi) is 4.24. The average molecular weight is 336 g/mol. The standard InChI is InChI=1S/C19H20N4O2/c24-19(15-8-11-25-13-15)20-16-6-9-23(10-7-16)18-12-17(21-22-18)14-4-2-1-3-5-14/h1-5,8,11-13,16H,6-7,9-10H2,(H,20,24)(H,21,22). The molecule has 1 fully saturated rings. The molecule has 0 atom stereocenters. The summed E-state index contributed by atoms with van der Waals surface area (Å²) < 4.78 is 4.96. The number of benzene rings is 1. The van der Waals surface area contributed by atoms with Gasteiger partial charge in [0.1, 0.15) is 6.26 Å². The summed E-state index contributed by atoms with van der Waals surface area (Å²) in [4.78, 5) is 14.3. The van der Waals surface area contributed by atoms with Crippen LogP contribution in [0, 0.1) is 0 Å². The highest BCUT2D eigenvalue weighted by molar-refractivity contribution is 5.93. The van der Waals surface area contributed by atoms with Crippen LogP contribution < -0.4 is 10.2 Å². The Morgan fingerprint density at radius 1 is 1.20 bits per heavy atom. The molecule has 0 aliphatic carbocycles. The van der Waals surface area contributed by atoms with E-state index in [1.165, 1.54) is 12.5 Å². The minimum absolute atomic E-state index is 0.0710. The van der Waals surface area contributed by atoms with E-state index in [4.69, 9.17) is 4.42 Å². The Morgan fingerprint density at radius 3 is 2.72 bits per heavy atom. The molecule has 3 aromatic rings. The number of piperidine rings is 1. The summed E-state index contributed by atoms with van der Waals surface area (Å²) in [6.07, 6.45) is 4.78. The van der Waals surface area contributed by atoms with E-state index >= 15 is 0 Å². The minimum Gasteiger partial charge on any atom is -0.472 e. The summed E-state index contributed by atoms with van der Waals surface area (Å²) in [5, 5.41) is 10.6. The van der Waals surface area contributed by atoms with Gasteiger partial charge < -0.3 is 14.6 Å². The first-order chi connectivity index (χ1) is 12.3. The number of furan rings is 1. The number of nitrogens with zero attached hydrogens (tertiary/aromatic N) is 2. The molecule has 1 aliphatic rings. The molecular formula is C19H20N4O2. The van der Waals surface area contributed by atoms with Crippen LogP contribution in [0.25, 0.3) is 11.3 Å². The zero-order valence-electron chi connectivity index (χ0n) is 13.8. The Hall–Kier alpha value is -3.02. The second-order valence-corrected chi connectivity index (χ2v) is 6.25. The molecule has 1 amide bonds. The number of rotatable bonds is 4. The predicted octanol–water partition coefficient (Wildman–Crippen LogP) is 3.07. The van der Waals surface area contributed by atoms with Crippen LogP contribution in [0.1, 0.15) is 23.2 Å². The summed E-state index contributed by atoms with van der Waals surface area (Å²) in [6.45, 7) is 1.74. The fraction of sp³-hybridized carbons (Fsp3) is 0.263. The van der Waals surface area contributed by atoms with Crippen molar-refractivity contribution in [2.24, 2.45) is 0 Å². The first kappa shape index (κ1) is 15.5. The molecule has 0 saturated carbocycles. The lowest BCUT2D eigenvalue weighted by Crippen LogP contribution is -2.44. The number of nitrogens with one attached hydrogen (secondary N) is 2. The van der Waals surface area contributed by atoms with Crippen LogP contribution in [0.5, 0.6) is 0 Å². The van der Waals surface area contributed by atoms with Crippen LogP contribution in [0.2, 0.25) is 0 Å². The first-order valence-electron chi connectivity index (χ1n) is 8.48. The third-order valence-corrected chi connectivity index (χ3v) is 4.59. The fourth-order valence-electron chi connectivity index (χ4n) is 3.15. The molecule has 0 unspecified atom stereocenters. The number of hydrogen-bond donors (Lipinski definition) is 2. The summed E-state index contributed by atoms with van der Waals surface area (Å²) in [6, 6.07) is 14.1. The quantitative estimate of drug-likeness (QED) is 0.768. The zero-order chi connectivity index (χ0) is 17.1. The number of H-pyrrole nitrogens is 1. The maximum absolute atomic E-state index is 12.1. The van der Waals surface area contributed by atoms with Crippen molar-refractivity contribution in [2.45, 2.75) is 18.9 Å². The molecule has 0 bridgehead atoms. The smallest absolute Gasteiger partial charge is 0.254 e. The number of hydrogen-bond acceptors (Lipinski definition) is 4. The topological polar surface area (TPSA) is 74.2 Å². The second-order valence-electron chi connectivity index (χ2n) is 6.25. The van der Waals surface area contributed by atoms with Gasteiger partial charge in [0, 0.05) is 25.2 Å². The van der Waals surface area contributed by atoms with E-state index in [9.17, 15) is 4.79 Å². The lowest BCUT2D eigenvalue weighted by atomic mass is 10.0. The third kappa shape index (κ3) is 3.42. The number of carbonyl (C=O) groups is 1. The monoisotopic (exact) mass is 336 g/mol. The number of amides is 1. The molecule has 6 heteroatoms. The Labute approximate surface area is 145 Å². The fourth-order valence-corrected chi connectivity index (χ4v) is 3.15. The van der Waals surface area contributed by atoms with Gasteiger partial charge >= 0.3 is 0 Å². The van der Waals surface area contributed by atoms with Gasteiger partial charge in [0.05, 0.1) is 17.5 Å². The van der Waals surface area contributed by atoms with Gasteiger partial charge in [0.15, 0.2) is 5.82 Å². The molecule has 6 nitrogen and oxygen atoms in total. The third-order valence-electron chi connectivity index (χ3n) is 4.59. The number of carbonyl (C=O) groups excluding carboxylic acids is 1. The summed E-state index contributed by atoms with van der Waals surface area (Å²) in [7, 11) is 0. The molecule has 1 saturated heterocycles. The lowest BCUT2D eigenvalue weighted by molar-refractivity contribution is 0.0930. The van der Waals surface area contributed by atoms with Crippen LogP contribution >= 0.6 is 0 Å². The highest BCUT2D eigenvalue weighted by Crippen LogP contribution is 2.24. The molecule has 25 heavy (non-hydrogen) atoms. The maximum Gasteiger partial charge on any atom is 0.254 e. The van der Waals surface area contributed by atoms with Gasteiger partial charge in [-0.15, -0.1) is 0 Å². The highest BCUT2D eigenvalue weighted by atomic mass is 16.3. The van der Waals surface area contributed by atoms with Crippen molar-refractivity contribution >= 4 is 11.7 Å². The number of aromatic nitrogens is 2. The first-order valence-corrected chi connectivity index (χ1v) is 8.48. The van der Waals surface area contributed by atoms with Gasteiger partial charge in [0.25, 0.3) is 5.91 Å². The highest BCUT2D eigenvalue weighted by Gasteiger charge is 2.23. The van der Waals surface area contributed by atoms with Crippen molar-refractivity contribution in [2.75, 3.05) is 18.0 Å². The Balaban J connectivity index is 1.34. The van der Waals surface area contributed by atoms with Gasteiger partial charge in [0.2, 0.25) is 0 Å². The minimum atomic E-state index is -0.0710. The molecular weight excluding hydrogens is 316 g/mol. The van der Waals surface area contributed by atoms with Crippen molar-refractivity contribution in [3.8, 4) is 11.3 Å². The molecule has 128 valence electrons.